The van der Waals surface area contributed by atoms with Crippen LogP contribution in [0.1, 0.15) is 0 Å². The average molecular weight is 358 g/mol. The Bertz CT molecular complexity index is 853. The Balaban J connectivity index is 1.54. The minimum atomic E-state index is -0.779. The molecule has 2 unspecified atom stereocenters. The fourth-order valence-electron chi connectivity index (χ4n) is 3.03. The summed E-state index contributed by atoms with van der Waals surface area (Å²) in [4.78, 5) is 0. The highest BCUT2D eigenvalue weighted by molar-refractivity contribution is 7.57. The summed E-state index contributed by atoms with van der Waals surface area (Å²) < 4.78 is 27.9. The topological polar surface area (TPSA) is 52.8 Å². The predicted octanol–water partition coefficient (Wildman–Crippen LogP) is 3.59. The smallest absolute Gasteiger partial charge is 0.120 e. The second-order valence-electron chi connectivity index (χ2n) is 6.37. The molecule has 2 aliphatic heterocycles. The highest BCUT2D eigenvalue weighted by Crippen LogP contribution is 2.49. The van der Waals surface area contributed by atoms with E-state index in [0.29, 0.717) is 13.2 Å². The molecule has 3 heterocycles. The van der Waals surface area contributed by atoms with Crippen molar-refractivity contribution >= 4 is 28.8 Å². The van der Waals surface area contributed by atoms with Gasteiger partial charge in [-0.05, 0) is 47.2 Å². The maximum atomic E-state index is 5.85. The molecule has 0 N–H and O–H groups in total. The lowest BCUT2D eigenvalue weighted by molar-refractivity contribution is 0.263. The van der Waals surface area contributed by atoms with E-state index in [9.17, 15) is 0 Å². The van der Waals surface area contributed by atoms with Crippen LogP contribution in [0.25, 0.3) is 21.0 Å². The van der Waals surface area contributed by atoms with E-state index in [4.69, 9.17) is 23.5 Å². The van der Waals surface area contributed by atoms with Gasteiger partial charge in [-0.3, -0.25) is 0 Å². The van der Waals surface area contributed by atoms with Gasteiger partial charge in [-0.25, -0.2) is 0 Å². The van der Waals surface area contributed by atoms with Crippen LogP contribution in [0.5, 0.6) is 11.5 Å². The van der Waals surface area contributed by atoms with E-state index >= 15 is 0 Å². The normalized spacial score (nSPS) is 22.4. The molecule has 2 fully saturated rings. The van der Waals surface area contributed by atoms with Gasteiger partial charge in [0.2, 0.25) is 0 Å². The van der Waals surface area contributed by atoms with E-state index in [-0.39, 0.29) is 12.2 Å². The predicted molar refractivity (Wildman–Crippen MR) is 97.1 cm³/mol. The van der Waals surface area contributed by atoms with Crippen molar-refractivity contribution in [1.29, 1.82) is 0 Å². The van der Waals surface area contributed by atoms with Gasteiger partial charge in [-0.1, -0.05) is 0 Å². The largest absolute Gasteiger partial charge is 0.491 e. The molecule has 25 heavy (non-hydrogen) atoms. The lowest BCUT2D eigenvalue weighted by Crippen LogP contribution is -2.03. The van der Waals surface area contributed by atoms with Gasteiger partial charge in [0.15, 0.2) is 0 Å². The van der Waals surface area contributed by atoms with Gasteiger partial charge in [0.05, 0.1) is 13.2 Å². The van der Waals surface area contributed by atoms with Crippen LogP contribution in [0, 0.1) is 0 Å². The first-order chi connectivity index (χ1) is 12.3. The molecule has 2 aliphatic rings. The molecule has 2 aromatic carbocycles. The second-order valence-corrected chi connectivity index (χ2v) is 8.29. The number of epoxide rings is 2. The molecule has 3 aromatic rings. The van der Waals surface area contributed by atoms with Gasteiger partial charge in [0, 0.05) is 25.1 Å². The Kier molecular flexibility index (Phi) is 3.83. The molecule has 2 atom stereocenters. The molecular formula is C19H19O5P. The van der Waals surface area contributed by atoms with Crippen molar-refractivity contribution < 1.29 is 23.5 Å². The molecular weight excluding hydrogens is 339 g/mol. The van der Waals surface area contributed by atoms with Gasteiger partial charge in [0.25, 0.3) is 0 Å². The SMILES string of the molecule is COp1c2ccc(OCC3CO3)cc2c2cc(OCC3CO3)ccc21. The molecule has 5 rings (SSSR count). The highest BCUT2D eigenvalue weighted by Gasteiger charge is 2.24. The number of benzene rings is 2. The highest BCUT2D eigenvalue weighted by atomic mass is 31.1. The Labute approximate surface area is 146 Å². The third-order valence-electron chi connectivity index (χ3n) is 4.52. The Morgan fingerprint density at radius 3 is 1.76 bits per heavy atom. The summed E-state index contributed by atoms with van der Waals surface area (Å²) in [6.07, 6.45) is 0.502. The Morgan fingerprint density at radius 1 is 0.880 bits per heavy atom. The fourth-order valence-corrected chi connectivity index (χ4v) is 4.91. The van der Waals surface area contributed by atoms with Gasteiger partial charge < -0.3 is 23.5 Å². The third-order valence-corrected chi connectivity index (χ3v) is 6.54. The maximum Gasteiger partial charge on any atom is 0.120 e. The second kappa shape index (κ2) is 6.19. The zero-order valence-electron chi connectivity index (χ0n) is 13.9. The molecule has 1 aromatic heterocycles. The average Bonchev–Trinajstić information content (AvgIpc) is 3.55. The third kappa shape index (κ3) is 3.09. The van der Waals surface area contributed by atoms with Crippen molar-refractivity contribution in [3.8, 4) is 11.5 Å². The number of ether oxygens (including phenoxy) is 4. The summed E-state index contributed by atoms with van der Waals surface area (Å²) in [7, 11) is 0.993. The number of rotatable bonds is 7. The molecule has 0 radical (unpaired) electrons. The van der Waals surface area contributed by atoms with Crippen molar-refractivity contribution in [3.05, 3.63) is 36.4 Å². The summed E-state index contributed by atoms with van der Waals surface area (Å²) in [5.41, 5.74) is 0. The van der Waals surface area contributed by atoms with Crippen LogP contribution >= 0.6 is 7.76 Å². The first-order valence-corrected chi connectivity index (χ1v) is 9.69. The van der Waals surface area contributed by atoms with Crippen molar-refractivity contribution in [1.82, 2.24) is 0 Å². The first kappa shape index (κ1) is 15.5. The number of fused-ring (bicyclic) bond motifs is 3. The van der Waals surface area contributed by atoms with Crippen LogP contribution in [0.4, 0.5) is 0 Å². The lowest BCUT2D eigenvalue weighted by Gasteiger charge is -2.05. The van der Waals surface area contributed by atoms with E-state index in [0.717, 1.165) is 24.7 Å². The van der Waals surface area contributed by atoms with Crippen molar-refractivity contribution in [2.75, 3.05) is 33.5 Å². The van der Waals surface area contributed by atoms with Crippen LogP contribution < -0.4 is 14.0 Å². The summed E-state index contributed by atoms with van der Waals surface area (Å²) in [6, 6.07) is 12.5. The zero-order chi connectivity index (χ0) is 16.8. The Morgan fingerprint density at radius 2 is 1.36 bits per heavy atom. The van der Waals surface area contributed by atoms with E-state index in [2.05, 4.69) is 24.3 Å². The summed E-state index contributed by atoms with van der Waals surface area (Å²) >= 11 is 0. The van der Waals surface area contributed by atoms with E-state index < -0.39 is 7.76 Å². The number of hydrogen-bond acceptors (Lipinski definition) is 5. The van der Waals surface area contributed by atoms with Crippen molar-refractivity contribution in [3.63, 3.8) is 0 Å². The molecule has 130 valence electrons. The van der Waals surface area contributed by atoms with Gasteiger partial charge in [-0.15, -0.1) is 0 Å². The van der Waals surface area contributed by atoms with Gasteiger partial charge in [0.1, 0.15) is 36.9 Å². The van der Waals surface area contributed by atoms with Crippen molar-refractivity contribution in [2.24, 2.45) is 0 Å². The summed E-state index contributed by atoms with van der Waals surface area (Å²) in [6.45, 7) is 2.81. The first-order valence-electron chi connectivity index (χ1n) is 8.43. The number of hydrogen-bond donors (Lipinski definition) is 0. The molecule has 0 spiro atoms. The van der Waals surface area contributed by atoms with Crippen LogP contribution in [0.2, 0.25) is 0 Å². The fraction of sp³-hybridized carbons (Fsp3) is 0.368. The standard InChI is InChI=1S/C19H19O5P/c1-20-25-18-4-2-12(21-8-14-10-23-14)6-16(18)17-7-13(3-5-19(17)25)22-9-15-11-24-15/h2-7,14-15H,8-11H2,1H3. The molecule has 0 saturated carbocycles. The zero-order valence-corrected chi connectivity index (χ0v) is 14.8. The van der Waals surface area contributed by atoms with Crippen molar-refractivity contribution in [2.45, 2.75) is 12.2 Å². The maximum absolute atomic E-state index is 5.85. The molecule has 0 aliphatic carbocycles. The van der Waals surface area contributed by atoms with Gasteiger partial charge in [-0.2, -0.15) is 0 Å². The molecule has 0 amide bonds. The summed E-state index contributed by atoms with van der Waals surface area (Å²) in [5.74, 6) is 1.73. The van der Waals surface area contributed by atoms with Gasteiger partial charge >= 0.3 is 0 Å². The molecule has 6 heteroatoms. The van der Waals surface area contributed by atoms with E-state index in [1.807, 2.05) is 12.1 Å². The summed E-state index contributed by atoms with van der Waals surface area (Å²) in [5, 5.41) is 4.80. The van der Waals surface area contributed by atoms with E-state index in [1.54, 1.807) is 7.11 Å². The molecule has 0 bridgehead atoms. The van der Waals surface area contributed by atoms with Crippen LogP contribution in [-0.2, 0) is 9.47 Å². The van der Waals surface area contributed by atoms with Crippen LogP contribution in [0.15, 0.2) is 36.4 Å². The minimum Gasteiger partial charge on any atom is -0.491 e. The monoisotopic (exact) mass is 358 g/mol. The quantitative estimate of drug-likeness (QED) is 0.604. The lowest BCUT2D eigenvalue weighted by atomic mass is 10.1. The molecule has 2 saturated heterocycles. The van der Waals surface area contributed by atoms with Crippen LogP contribution in [-0.4, -0.2) is 45.7 Å². The molecule has 5 nitrogen and oxygen atoms in total. The van der Waals surface area contributed by atoms with Crippen LogP contribution in [0.3, 0.4) is 0 Å². The Hall–Kier alpha value is -1.78. The minimum absolute atomic E-state index is 0.251. The van der Waals surface area contributed by atoms with E-state index in [1.165, 1.54) is 21.0 Å².